The number of amides is 1. The molecule has 168 valence electrons. The van der Waals surface area contributed by atoms with E-state index in [0.717, 1.165) is 16.1 Å². The zero-order valence-corrected chi connectivity index (χ0v) is 19.5. The van der Waals surface area contributed by atoms with Crippen LogP contribution in [0.2, 0.25) is 0 Å². The molecule has 0 aliphatic heterocycles. The average Bonchev–Trinajstić information content (AvgIpc) is 2.78. The molecule has 0 spiro atoms. The number of anilines is 1. The van der Waals surface area contributed by atoms with E-state index in [-0.39, 0.29) is 21.7 Å². The molecule has 0 aromatic heterocycles. The molecule has 0 saturated carbocycles. The fourth-order valence-electron chi connectivity index (χ4n) is 3.08. The zero-order valence-electron chi connectivity index (χ0n) is 17.9. The summed E-state index contributed by atoms with van der Waals surface area (Å²) < 4.78 is 49.8. The van der Waals surface area contributed by atoms with Gasteiger partial charge in [0.2, 0.25) is 0 Å². The second-order valence-electron chi connectivity index (χ2n) is 7.37. The third kappa shape index (κ3) is 5.17. The molecule has 1 N–H and O–H groups in total. The molecule has 0 fully saturated rings. The van der Waals surface area contributed by atoms with Gasteiger partial charge in [0, 0.05) is 18.9 Å². The van der Waals surface area contributed by atoms with E-state index in [9.17, 15) is 21.6 Å². The minimum absolute atomic E-state index is 0.181. The van der Waals surface area contributed by atoms with Crippen LogP contribution in [0.4, 0.5) is 5.69 Å². The van der Waals surface area contributed by atoms with E-state index in [0.29, 0.717) is 11.3 Å². The van der Waals surface area contributed by atoms with Gasteiger partial charge in [-0.15, -0.1) is 0 Å². The first-order valence-electron chi connectivity index (χ1n) is 9.75. The number of sulfone groups is 1. The summed E-state index contributed by atoms with van der Waals surface area (Å²) in [5, 5.41) is 2.86. The highest BCUT2D eigenvalue weighted by atomic mass is 32.2. The molecule has 3 aromatic rings. The van der Waals surface area contributed by atoms with Gasteiger partial charge in [-0.1, -0.05) is 30.3 Å². The summed E-state index contributed by atoms with van der Waals surface area (Å²) in [7, 11) is -5.53. The number of carbonyl (C=O) groups excluding carboxylic acids is 1. The lowest BCUT2D eigenvalue weighted by atomic mass is 10.1. The van der Waals surface area contributed by atoms with E-state index < -0.39 is 19.9 Å². The third-order valence-electron chi connectivity index (χ3n) is 5.05. The molecule has 0 unspecified atom stereocenters. The molecule has 0 aliphatic rings. The van der Waals surface area contributed by atoms with Crippen molar-refractivity contribution >= 4 is 31.5 Å². The number of carbonyl (C=O) groups is 1. The Morgan fingerprint density at radius 3 is 1.91 bits per heavy atom. The van der Waals surface area contributed by atoms with E-state index >= 15 is 0 Å². The summed E-state index contributed by atoms with van der Waals surface area (Å²) in [5.41, 5.74) is 1.56. The molecular weight excluding hydrogens is 448 g/mol. The van der Waals surface area contributed by atoms with Crippen LogP contribution in [0.5, 0.6) is 0 Å². The Bertz CT molecular complexity index is 1300. The first kappa shape index (κ1) is 23.5. The fraction of sp³-hybridized carbons (Fsp3) is 0.174. The number of nitrogens with zero attached hydrogens (tertiary/aromatic N) is 1. The first-order chi connectivity index (χ1) is 15.0. The summed E-state index contributed by atoms with van der Waals surface area (Å²) in [6.45, 7) is 1.79. The van der Waals surface area contributed by atoms with E-state index in [4.69, 9.17) is 0 Å². The first-order valence-corrected chi connectivity index (χ1v) is 13.1. The van der Waals surface area contributed by atoms with Crippen molar-refractivity contribution in [2.75, 3.05) is 17.6 Å². The van der Waals surface area contributed by atoms with E-state index in [2.05, 4.69) is 5.32 Å². The Hall–Kier alpha value is -3.17. The van der Waals surface area contributed by atoms with E-state index in [1.54, 1.807) is 61.5 Å². The van der Waals surface area contributed by atoms with Crippen molar-refractivity contribution in [2.24, 2.45) is 0 Å². The van der Waals surface area contributed by atoms with Crippen LogP contribution in [0.3, 0.4) is 0 Å². The number of nitrogens with one attached hydrogen (secondary N) is 1. The van der Waals surface area contributed by atoms with Crippen molar-refractivity contribution in [3.05, 3.63) is 90.0 Å². The van der Waals surface area contributed by atoms with Crippen LogP contribution in [0, 0.1) is 0 Å². The molecule has 0 bridgehead atoms. The summed E-state index contributed by atoms with van der Waals surface area (Å²) in [6.07, 6.45) is 1.14. The van der Waals surface area contributed by atoms with E-state index in [1.807, 2.05) is 0 Å². The van der Waals surface area contributed by atoms with Crippen LogP contribution in [0.1, 0.15) is 28.9 Å². The number of hydrogen-bond acceptors (Lipinski definition) is 5. The van der Waals surface area contributed by atoms with Crippen LogP contribution in [0.15, 0.2) is 88.7 Å². The third-order valence-corrected chi connectivity index (χ3v) is 7.98. The molecule has 0 saturated heterocycles. The van der Waals surface area contributed by atoms with Crippen molar-refractivity contribution < 1.29 is 21.6 Å². The maximum atomic E-state index is 12.7. The van der Waals surface area contributed by atoms with Gasteiger partial charge in [0.1, 0.15) is 0 Å². The van der Waals surface area contributed by atoms with Gasteiger partial charge < -0.3 is 5.32 Å². The Kier molecular flexibility index (Phi) is 6.71. The lowest BCUT2D eigenvalue weighted by molar-refractivity contribution is 0.0940. The van der Waals surface area contributed by atoms with Crippen molar-refractivity contribution in [3.63, 3.8) is 0 Å². The fourth-order valence-corrected chi connectivity index (χ4v) is 4.93. The summed E-state index contributed by atoms with van der Waals surface area (Å²) >= 11 is 0. The molecule has 1 atom stereocenters. The Labute approximate surface area is 188 Å². The molecule has 1 amide bonds. The van der Waals surface area contributed by atoms with Crippen molar-refractivity contribution in [2.45, 2.75) is 22.8 Å². The van der Waals surface area contributed by atoms with Crippen LogP contribution in [-0.4, -0.2) is 36.0 Å². The van der Waals surface area contributed by atoms with Crippen LogP contribution < -0.4 is 9.62 Å². The Morgan fingerprint density at radius 1 is 0.812 bits per heavy atom. The van der Waals surface area contributed by atoms with Crippen molar-refractivity contribution in [1.29, 1.82) is 0 Å². The molecule has 32 heavy (non-hydrogen) atoms. The van der Waals surface area contributed by atoms with E-state index in [1.165, 1.54) is 31.3 Å². The maximum Gasteiger partial charge on any atom is 0.264 e. The number of hydrogen-bond donors (Lipinski definition) is 1. The molecule has 3 rings (SSSR count). The highest BCUT2D eigenvalue weighted by Crippen LogP contribution is 2.23. The van der Waals surface area contributed by atoms with Crippen LogP contribution in [-0.2, 0) is 19.9 Å². The van der Waals surface area contributed by atoms with Gasteiger partial charge in [0.25, 0.3) is 15.9 Å². The van der Waals surface area contributed by atoms with Gasteiger partial charge in [0.15, 0.2) is 9.84 Å². The lowest BCUT2D eigenvalue weighted by Crippen LogP contribution is -2.28. The topological polar surface area (TPSA) is 101 Å². The molecule has 0 heterocycles. The van der Waals surface area contributed by atoms with Crippen LogP contribution in [0.25, 0.3) is 0 Å². The number of rotatable bonds is 7. The lowest BCUT2D eigenvalue weighted by Gasteiger charge is -2.20. The average molecular weight is 473 g/mol. The predicted molar refractivity (Wildman–Crippen MR) is 124 cm³/mol. The standard InChI is InChI=1S/C23H24N2O5S2/c1-17(18-11-15-21(16-12-18)31(3,27)28)24-23(26)19-9-13-20(14-10-19)25(2)32(29,30)22-7-5-4-6-8-22/h4-17H,1-3H3,(H,24,26)/t17-/m0/s1. The summed E-state index contributed by atoms with van der Waals surface area (Å²) in [6, 6.07) is 20.3. The van der Waals surface area contributed by atoms with Gasteiger partial charge in [-0.3, -0.25) is 9.10 Å². The molecule has 3 aromatic carbocycles. The summed E-state index contributed by atoms with van der Waals surface area (Å²) in [4.78, 5) is 13.0. The monoisotopic (exact) mass is 472 g/mol. The smallest absolute Gasteiger partial charge is 0.264 e. The molecule has 9 heteroatoms. The minimum atomic E-state index is -3.70. The SMILES string of the molecule is C[C@H](NC(=O)c1ccc(N(C)S(=O)(=O)c2ccccc2)cc1)c1ccc(S(C)(=O)=O)cc1. The highest BCUT2D eigenvalue weighted by molar-refractivity contribution is 7.92. The highest BCUT2D eigenvalue weighted by Gasteiger charge is 2.21. The van der Waals surface area contributed by atoms with Gasteiger partial charge in [-0.25, -0.2) is 16.8 Å². The zero-order chi connectivity index (χ0) is 23.5. The Morgan fingerprint density at radius 2 is 1.38 bits per heavy atom. The molecule has 0 radical (unpaired) electrons. The van der Waals surface area contributed by atoms with Crippen molar-refractivity contribution in [3.8, 4) is 0 Å². The maximum absolute atomic E-state index is 12.7. The second-order valence-corrected chi connectivity index (χ2v) is 11.4. The van der Waals surface area contributed by atoms with Crippen molar-refractivity contribution in [1.82, 2.24) is 5.32 Å². The summed E-state index contributed by atoms with van der Waals surface area (Å²) in [5.74, 6) is -0.329. The normalized spacial score (nSPS) is 12.7. The second kappa shape index (κ2) is 9.13. The minimum Gasteiger partial charge on any atom is -0.346 e. The number of benzene rings is 3. The molecule has 7 nitrogen and oxygen atoms in total. The Balaban J connectivity index is 1.71. The molecule has 0 aliphatic carbocycles. The van der Waals surface area contributed by atoms with Gasteiger partial charge >= 0.3 is 0 Å². The quantitative estimate of drug-likeness (QED) is 0.568. The van der Waals surface area contributed by atoms with Gasteiger partial charge in [-0.2, -0.15) is 0 Å². The van der Waals surface area contributed by atoms with Gasteiger partial charge in [-0.05, 0) is 61.0 Å². The number of sulfonamides is 1. The van der Waals surface area contributed by atoms with Crippen LogP contribution >= 0.6 is 0 Å². The molecular formula is C23H24N2O5S2. The van der Waals surface area contributed by atoms with Gasteiger partial charge in [0.05, 0.1) is 21.5 Å². The predicted octanol–water partition coefficient (Wildman–Crippen LogP) is 3.41. The largest absolute Gasteiger partial charge is 0.346 e.